The number of hydrogen-bond acceptors (Lipinski definition) is 3. The molecule has 0 atom stereocenters. The number of anilines is 1. The molecular formula is C11H16N2OS. The van der Waals surface area contributed by atoms with Crippen LogP contribution in [-0.2, 0) is 0 Å². The van der Waals surface area contributed by atoms with Crippen LogP contribution in [-0.4, -0.2) is 41.7 Å². The van der Waals surface area contributed by atoms with Gasteiger partial charge < -0.3 is 10.4 Å². The van der Waals surface area contributed by atoms with E-state index >= 15 is 0 Å². The van der Waals surface area contributed by atoms with Gasteiger partial charge in [0.25, 0.3) is 0 Å². The Labute approximate surface area is 95.7 Å². The number of likely N-dealkylation sites (N-methyl/N-ethyl adjacent to an activating group) is 1. The van der Waals surface area contributed by atoms with Gasteiger partial charge in [0, 0.05) is 18.8 Å². The van der Waals surface area contributed by atoms with E-state index in [4.69, 9.17) is 5.11 Å². The van der Waals surface area contributed by atoms with Crippen molar-refractivity contribution in [2.45, 2.75) is 0 Å². The third-order valence-corrected chi connectivity index (χ3v) is 2.13. The van der Waals surface area contributed by atoms with Crippen LogP contribution in [0.5, 0.6) is 0 Å². The molecule has 0 radical (unpaired) electrons. The Kier molecular flexibility index (Phi) is 5.07. The van der Waals surface area contributed by atoms with Crippen molar-refractivity contribution in [1.82, 2.24) is 4.90 Å². The molecule has 82 valence electrons. The maximum absolute atomic E-state index is 8.91. The molecule has 2 N–H and O–H groups in total. The molecular weight excluding hydrogens is 208 g/mol. The van der Waals surface area contributed by atoms with Crippen LogP contribution in [0.15, 0.2) is 30.3 Å². The Balaban J connectivity index is 2.19. The Morgan fingerprint density at radius 3 is 2.67 bits per heavy atom. The summed E-state index contributed by atoms with van der Waals surface area (Å²) in [5.41, 5.74) is 1.11. The second-order valence-electron chi connectivity index (χ2n) is 3.42. The maximum atomic E-state index is 8.91. The van der Waals surface area contributed by atoms with Crippen molar-refractivity contribution in [1.29, 1.82) is 0 Å². The molecule has 0 bridgehead atoms. The summed E-state index contributed by atoms with van der Waals surface area (Å²) in [7, 11) is 1.93. The minimum absolute atomic E-state index is 0.0391. The zero-order chi connectivity index (χ0) is 11.1. The van der Waals surface area contributed by atoms with Crippen molar-refractivity contribution >= 4 is 23.0 Å². The molecule has 0 amide bonds. The standard InChI is InChI=1S/C11H16N2OS/c1-13(9-11(14)15)8-7-12-10-5-3-2-4-6-10/h2-6,12H,7-9H2,1H3,(H,14,15). The van der Waals surface area contributed by atoms with E-state index in [1.165, 1.54) is 0 Å². The molecule has 0 aliphatic carbocycles. The predicted molar refractivity (Wildman–Crippen MR) is 67.7 cm³/mol. The van der Waals surface area contributed by atoms with Crippen LogP contribution in [0.3, 0.4) is 0 Å². The average Bonchev–Trinajstić information content (AvgIpc) is 2.18. The normalized spacial score (nSPS) is 10.3. The monoisotopic (exact) mass is 224 g/mol. The molecule has 0 heterocycles. The van der Waals surface area contributed by atoms with Gasteiger partial charge >= 0.3 is 0 Å². The summed E-state index contributed by atoms with van der Waals surface area (Å²) < 4.78 is 0. The quantitative estimate of drug-likeness (QED) is 0.724. The number of thiocarbonyl (C=S) groups is 1. The molecule has 0 aliphatic heterocycles. The molecule has 3 nitrogen and oxygen atoms in total. The van der Waals surface area contributed by atoms with Gasteiger partial charge in [0.15, 0.2) is 5.05 Å². The highest BCUT2D eigenvalue weighted by Crippen LogP contribution is 2.03. The Hall–Kier alpha value is -1.13. The maximum Gasteiger partial charge on any atom is 0.170 e. The molecule has 0 saturated heterocycles. The van der Waals surface area contributed by atoms with E-state index in [0.29, 0.717) is 6.54 Å². The number of aliphatic hydroxyl groups excluding tert-OH is 1. The minimum atomic E-state index is 0.0391. The zero-order valence-corrected chi connectivity index (χ0v) is 9.63. The van der Waals surface area contributed by atoms with Gasteiger partial charge in [-0.15, -0.1) is 0 Å². The fraction of sp³-hybridized carbons (Fsp3) is 0.364. The summed E-state index contributed by atoms with van der Waals surface area (Å²) in [6, 6.07) is 10.0. The van der Waals surface area contributed by atoms with Gasteiger partial charge in [-0.3, -0.25) is 4.90 Å². The van der Waals surface area contributed by atoms with Crippen molar-refractivity contribution in [2.75, 3.05) is 32.0 Å². The lowest BCUT2D eigenvalue weighted by molar-refractivity contribution is 0.373. The van der Waals surface area contributed by atoms with Crippen molar-refractivity contribution in [3.8, 4) is 0 Å². The summed E-state index contributed by atoms with van der Waals surface area (Å²) in [4.78, 5) is 1.97. The highest BCUT2D eigenvalue weighted by atomic mass is 32.1. The molecule has 0 saturated carbocycles. The number of rotatable bonds is 6. The number of nitrogens with one attached hydrogen (secondary N) is 1. The highest BCUT2D eigenvalue weighted by Gasteiger charge is 1.99. The van der Waals surface area contributed by atoms with Gasteiger partial charge in [0.05, 0.1) is 6.54 Å². The Morgan fingerprint density at radius 1 is 1.40 bits per heavy atom. The SMILES string of the molecule is CN(CCNc1ccccc1)CC(O)=S. The first-order chi connectivity index (χ1) is 7.18. The third-order valence-electron chi connectivity index (χ3n) is 2.00. The van der Waals surface area contributed by atoms with E-state index < -0.39 is 0 Å². The van der Waals surface area contributed by atoms with E-state index in [-0.39, 0.29) is 5.05 Å². The smallest absolute Gasteiger partial charge is 0.170 e. The van der Waals surface area contributed by atoms with Gasteiger partial charge in [0.1, 0.15) is 0 Å². The molecule has 0 aliphatic rings. The lowest BCUT2D eigenvalue weighted by atomic mass is 10.3. The minimum Gasteiger partial charge on any atom is -0.501 e. The van der Waals surface area contributed by atoms with Crippen LogP contribution in [0.4, 0.5) is 5.69 Å². The molecule has 0 unspecified atom stereocenters. The van der Waals surface area contributed by atoms with Crippen LogP contribution < -0.4 is 5.32 Å². The fourth-order valence-electron chi connectivity index (χ4n) is 1.26. The van der Waals surface area contributed by atoms with Crippen LogP contribution >= 0.6 is 12.2 Å². The molecule has 1 aromatic carbocycles. The molecule has 1 rings (SSSR count). The van der Waals surface area contributed by atoms with E-state index in [1.54, 1.807) is 0 Å². The van der Waals surface area contributed by atoms with Crippen molar-refractivity contribution in [2.24, 2.45) is 0 Å². The number of benzene rings is 1. The first-order valence-electron chi connectivity index (χ1n) is 4.88. The van der Waals surface area contributed by atoms with Crippen molar-refractivity contribution < 1.29 is 5.11 Å². The van der Waals surface area contributed by atoms with Gasteiger partial charge in [-0.1, -0.05) is 18.2 Å². The molecule has 0 fully saturated rings. The molecule has 1 aromatic rings. The second-order valence-corrected chi connectivity index (χ2v) is 3.90. The third kappa shape index (κ3) is 5.34. The topological polar surface area (TPSA) is 35.5 Å². The summed E-state index contributed by atoms with van der Waals surface area (Å²) >= 11 is 4.61. The molecule has 0 spiro atoms. The fourth-order valence-corrected chi connectivity index (χ4v) is 1.48. The first kappa shape index (κ1) is 11.9. The molecule has 4 heteroatoms. The summed E-state index contributed by atoms with van der Waals surface area (Å²) in [6.07, 6.45) is 0. The first-order valence-corrected chi connectivity index (χ1v) is 5.28. The van der Waals surface area contributed by atoms with E-state index in [9.17, 15) is 0 Å². The van der Waals surface area contributed by atoms with Crippen molar-refractivity contribution in [3.05, 3.63) is 30.3 Å². The van der Waals surface area contributed by atoms with Gasteiger partial charge in [-0.2, -0.15) is 0 Å². The van der Waals surface area contributed by atoms with Crippen molar-refractivity contribution in [3.63, 3.8) is 0 Å². The van der Waals surface area contributed by atoms with E-state index in [2.05, 4.69) is 17.5 Å². The van der Waals surface area contributed by atoms with Gasteiger partial charge in [-0.25, -0.2) is 0 Å². The Morgan fingerprint density at radius 2 is 2.07 bits per heavy atom. The largest absolute Gasteiger partial charge is 0.501 e. The average molecular weight is 224 g/mol. The summed E-state index contributed by atoms with van der Waals surface area (Å²) in [6.45, 7) is 2.13. The number of nitrogens with zero attached hydrogens (tertiary/aromatic N) is 1. The second kappa shape index (κ2) is 6.37. The van der Waals surface area contributed by atoms with Gasteiger partial charge in [0.2, 0.25) is 0 Å². The van der Waals surface area contributed by atoms with E-state index in [0.717, 1.165) is 18.8 Å². The lowest BCUT2D eigenvalue weighted by Gasteiger charge is -2.15. The van der Waals surface area contributed by atoms with Gasteiger partial charge in [-0.05, 0) is 31.4 Å². The van der Waals surface area contributed by atoms with E-state index in [1.807, 2.05) is 42.3 Å². The number of para-hydroxylation sites is 1. The van der Waals surface area contributed by atoms with Crippen LogP contribution in [0.1, 0.15) is 0 Å². The predicted octanol–water partition coefficient (Wildman–Crippen LogP) is 1.92. The van der Waals surface area contributed by atoms with Crippen LogP contribution in [0.25, 0.3) is 0 Å². The number of aliphatic hydroxyl groups is 1. The molecule has 15 heavy (non-hydrogen) atoms. The summed E-state index contributed by atoms with van der Waals surface area (Å²) in [5, 5.41) is 12.2. The van der Waals surface area contributed by atoms with Crippen LogP contribution in [0.2, 0.25) is 0 Å². The Bertz CT molecular complexity index is 303. The highest BCUT2D eigenvalue weighted by molar-refractivity contribution is 7.80. The summed E-state index contributed by atoms with van der Waals surface area (Å²) in [5.74, 6) is 0. The lowest BCUT2D eigenvalue weighted by Crippen LogP contribution is -2.29. The zero-order valence-electron chi connectivity index (χ0n) is 8.81. The molecule has 0 aromatic heterocycles. The number of hydrogen-bond donors (Lipinski definition) is 2. The van der Waals surface area contributed by atoms with Crippen LogP contribution in [0, 0.1) is 0 Å².